The van der Waals surface area contributed by atoms with Crippen LogP contribution in [0.15, 0.2) is 12.2 Å². The first-order valence-electron chi connectivity index (χ1n) is 5.85. The van der Waals surface area contributed by atoms with E-state index in [-0.39, 0.29) is 19.0 Å². The Hall–Kier alpha value is -0.420. The Morgan fingerprint density at radius 1 is 1.06 bits per heavy atom. The molecule has 0 aromatic heterocycles. The smallest absolute Gasteiger partial charge is 0.180 e. The number of hydrogen-bond donors (Lipinski definition) is 1. The van der Waals surface area contributed by atoms with Crippen molar-refractivity contribution in [1.29, 1.82) is 0 Å². The average molecular weight is 232 g/mol. The van der Waals surface area contributed by atoms with Crippen LogP contribution in [-0.4, -0.2) is 43.9 Å². The van der Waals surface area contributed by atoms with Crippen molar-refractivity contribution < 1.29 is 19.3 Å². The molecule has 0 aliphatic carbocycles. The highest BCUT2D eigenvalue weighted by Gasteiger charge is 2.09. The van der Waals surface area contributed by atoms with E-state index in [0.717, 1.165) is 6.42 Å². The van der Waals surface area contributed by atoms with Gasteiger partial charge in [0.05, 0.1) is 19.3 Å². The number of rotatable bonds is 10. The Labute approximate surface area is 98.2 Å². The van der Waals surface area contributed by atoms with Gasteiger partial charge in [0.15, 0.2) is 6.29 Å². The van der Waals surface area contributed by atoms with Gasteiger partial charge in [-0.3, -0.25) is 0 Å². The van der Waals surface area contributed by atoms with E-state index in [4.69, 9.17) is 19.3 Å². The zero-order valence-electron chi connectivity index (χ0n) is 10.5. The van der Waals surface area contributed by atoms with Crippen molar-refractivity contribution in [3.05, 3.63) is 12.2 Å². The summed E-state index contributed by atoms with van der Waals surface area (Å²) in [6, 6.07) is 0. The van der Waals surface area contributed by atoms with E-state index in [2.05, 4.69) is 0 Å². The van der Waals surface area contributed by atoms with Gasteiger partial charge in [-0.05, 0) is 27.2 Å². The Morgan fingerprint density at radius 2 is 1.69 bits per heavy atom. The summed E-state index contributed by atoms with van der Waals surface area (Å²) in [7, 11) is 0. The highest BCUT2D eigenvalue weighted by atomic mass is 16.7. The molecule has 0 aliphatic rings. The third-order valence-electron chi connectivity index (χ3n) is 1.96. The molecule has 0 spiro atoms. The molecule has 0 fully saturated rings. The van der Waals surface area contributed by atoms with Gasteiger partial charge in [-0.25, -0.2) is 0 Å². The summed E-state index contributed by atoms with van der Waals surface area (Å²) < 4.78 is 16.3. The van der Waals surface area contributed by atoms with Crippen LogP contribution in [0.3, 0.4) is 0 Å². The fraction of sp³-hybridized carbons (Fsp3) is 0.833. The number of aliphatic hydroxyl groups is 1. The maximum atomic E-state index is 8.57. The van der Waals surface area contributed by atoms with Crippen LogP contribution in [0.1, 0.15) is 27.2 Å². The molecule has 1 atom stereocenters. The van der Waals surface area contributed by atoms with Crippen LogP contribution in [0, 0.1) is 0 Å². The molecule has 0 aromatic carbocycles. The lowest BCUT2D eigenvalue weighted by Gasteiger charge is -2.19. The quantitative estimate of drug-likeness (QED) is 0.460. The first kappa shape index (κ1) is 15.6. The van der Waals surface area contributed by atoms with Crippen molar-refractivity contribution in [2.45, 2.75) is 39.6 Å². The molecule has 0 rings (SSSR count). The van der Waals surface area contributed by atoms with Gasteiger partial charge in [-0.1, -0.05) is 12.2 Å². The zero-order valence-corrected chi connectivity index (χ0v) is 10.5. The largest absolute Gasteiger partial charge is 0.392 e. The molecule has 96 valence electrons. The Morgan fingerprint density at radius 3 is 2.19 bits per heavy atom. The molecule has 0 amide bonds. The molecule has 0 aliphatic heterocycles. The Balaban J connectivity index is 3.68. The summed E-state index contributed by atoms with van der Waals surface area (Å²) in [6.07, 6.45) is 4.22. The molecule has 0 unspecified atom stereocenters. The lowest BCUT2D eigenvalue weighted by molar-refractivity contribution is -0.174. The number of hydrogen-bond acceptors (Lipinski definition) is 4. The molecule has 4 nitrogen and oxygen atoms in total. The fourth-order valence-electron chi connectivity index (χ4n) is 1.19. The van der Waals surface area contributed by atoms with Crippen molar-refractivity contribution in [1.82, 2.24) is 0 Å². The van der Waals surface area contributed by atoms with Crippen LogP contribution in [0.2, 0.25) is 0 Å². The van der Waals surface area contributed by atoms with Gasteiger partial charge in [-0.2, -0.15) is 0 Å². The predicted molar refractivity (Wildman–Crippen MR) is 63.3 cm³/mol. The van der Waals surface area contributed by atoms with Gasteiger partial charge >= 0.3 is 0 Å². The van der Waals surface area contributed by atoms with Gasteiger partial charge in [0, 0.05) is 13.2 Å². The lowest BCUT2D eigenvalue weighted by atomic mass is 10.2. The Bertz CT molecular complexity index is 164. The van der Waals surface area contributed by atoms with Crippen LogP contribution in [0.5, 0.6) is 0 Å². The zero-order chi connectivity index (χ0) is 12.2. The van der Waals surface area contributed by atoms with E-state index in [1.807, 2.05) is 26.8 Å². The van der Waals surface area contributed by atoms with E-state index in [1.165, 1.54) is 0 Å². The summed E-state index contributed by atoms with van der Waals surface area (Å²) in [6.45, 7) is 7.60. The summed E-state index contributed by atoms with van der Waals surface area (Å²) in [5.41, 5.74) is 0. The predicted octanol–water partition coefficient (Wildman–Crippen LogP) is 1.73. The maximum absolute atomic E-state index is 8.57. The molecular formula is C12H24O4. The van der Waals surface area contributed by atoms with Crippen LogP contribution in [0.25, 0.3) is 0 Å². The second kappa shape index (κ2) is 11.1. The molecule has 0 heterocycles. The molecule has 16 heavy (non-hydrogen) atoms. The minimum atomic E-state index is -0.278. The standard InChI is InChI=1S/C12H24O4/c1-4-14-12(15-5-2)10-16-11(3)8-6-7-9-13/h6-7,11-13H,4-5,8-10H2,1-3H3/b7-6+/t11-/m0/s1. The SMILES string of the molecule is CCOC(CO[C@@H](C)C/C=C/CO)OCC. The van der Waals surface area contributed by atoms with Gasteiger partial charge in [0.2, 0.25) is 0 Å². The first-order chi connectivity index (χ1) is 7.74. The van der Waals surface area contributed by atoms with Gasteiger partial charge in [-0.15, -0.1) is 0 Å². The highest BCUT2D eigenvalue weighted by Crippen LogP contribution is 2.03. The third kappa shape index (κ3) is 8.85. The van der Waals surface area contributed by atoms with E-state index in [9.17, 15) is 0 Å². The Kier molecular flexibility index (Phi) is 10.8. The minimum Gasteiger partial charge on any atom is -0.392 e. The monoisotopic (exact) mass is 232 g/mol. The van der Waals surface area contributed by atoms with E-state index < -0.39 is 0 Å². The lowest BCUT2D eigenvalue weighted by Crippen LogP contribution is -2.25. The number of aliphatic hydroxyl groups excluding tert-OH is 1. The van der Waals surface area contributed by atoms with Gasteiger partial charge in [0.25, 0.3) is 0 Å². The summed E-state index contributed by atoms with van der Waals surface area (Å²) in [5.74, 6) is 0. The first-order valence-corrected chi connectivity index (χ1v) is 5.85. The molecule has 4 heteroatoms. The number of ether oxygens (including phenoxy) is 3. The van der Waals surface area contributed by atoms with E-state index in [0.29, 0.717) is 19.8 Å². The van der Waals surface area contributed by atoms with Crippen LogP contribution < -0.4 is 0 Å². The van der Waals surface area contributed by atoms with Crippen molar-refractivity contribution in [2.75, 3.05) is 26.4 Å². The third-order valence-corrected chi connectivity index (χ3v) is 1.96. The normalized spacial score (nSPS) is 13.8. The van der Waals surface area contributed by atoms with E-state index >= 15 is 0 Å². The molecule has 0 saturated carbocycles. The summed E-state index contributed by atoms with van der Waals surface area (Å²) in [4.78, 5) is 0. The second-order valence-corrected chi connectivity index (χ2v) is 3.37. The van der Waals surface area contributed by atoms with Crippen molar-refractivity contribution in [2.24, 2.45) is 0 Å². The van der Waals surface area contributed by atoms with Crippen LogP contribution in [0.4, 0.5) is 0 Å². The highest BCUT2D eigenvalue weighted by molar-refractivity contribution is 4.82. The molecular weight excluding hydrogens is 208 g/mol. The molecule has 1 N–H and O–H groups in total. The molecule has 0 saturated heterocycles. The fourth-order valence-corrected chi connectivity index (χ4v) is 1.19. The summed E-state index contributed by atoms with van der Waals surface area (Å²) >= 11 is 0. The summed E-state index contributed by atoms with van der Waals surface area (Å²) in [5, 5.41) is 8.57. The molecule has 0 aromatic rings. The van der Waals surface area contributed by atoms with Gasteiger partial charge in [0.1, 0.15) is 0 Å². The molecule has 0 radical (unpaired) electrons. The van der Waals surface area contributed by atoms with Crippen LogP contribution in [-0.2, 0) is 14.2 Å². The van der Waals surface area contributed by atoms with E-state index in [1.54, 1.807) is 6.08 Å². The maximum Gasteiger partial charge on any atom is 0.180 e. The average Bonchev–Trinajstić information content (AvgIpc) is 2.27. The minimum absolute atomic E-state index is 0.0766. The second-order valence-electron chi connectivity index (χ2n) is 3.37. The van der Waals surface area contributed by atoms with Crippen molar-refractivity contribution in [3.8, 4) is 0 Å². The van der Waals surface area contributed by atoms with Crippen LogP contribution >= 0.6 is 0 Å². The van der Waals surface area contributed by atoms with Gasteiger partial charge < -0.3 is 19.3 Å². The van der Waals surface area contributed by atoms with Crippen molar-refractivity contribution in [3.63, 3.8) is 0 Å². The topological polar surface area (TPSA) is 47.9 Å². The van der Waals surface area contributed by atoms with Crippen molar-refractivity contribution >= 4 is 0 Å². The molecule has 0 bridgehead atoms.